The molecule has 0 saturated heterocycles. The monoisotopic (exact) mass is 390 g/mol. The number of aliphatic hydroxyl groups is 1. The van der Waals surface area contributed by atoms with E-state index in [0.29, 0.717) is 41.8 Å². The van der Waals surface area contributed by atoms with Crippen molar-refractivity contribution < 1.29 is 19.8 Å². The van der Waals surface area contributed by atoms with Crippen LogP contribution in [0.2, 0.25) is 0 Å². The second-order valence-electron chi connectivity index (χ2n) is 11.2. The number of aliphatic carboxylic acids is 1. The molecule has 28 heavy (non-hydrogen) atoms. The molecule has 0 bridgehead atoms. The van der Waals surface area contributed by atoms with E-state index in [1.807, 2.05) is 0 Å². The highest BCUT2D eigenvalue weighted by molar-refractivity contribution is 5.83. The number of hydrogen-bond donors (Lipinski definition) is 2. The Morgan fingerprint density at radius 1 is 1.11 bits per heavy atom. The van der Waals surface area contributed by atoms with Crippen molar-refractivity contribution in [3.8, 4) is 0 Å². The third kappa shape index (κ3) is 3.05. The minimum absolute atomic E-state index is 0.187. The van der Waals surface area contributed by atoms with Crippen molar-refractivity contribution in [2.24, 2.45) is 46.3 Å². The van der Waals surface area contributed by atoms with Gasteiger partial charge in [-0.15, -0.1) is 0 Å². The van der Waals surface area contributed by atoms with Crippen LogP contribution in [0.1, 0.15) is 85.0 Å². The zero-order valence-corrected chi connectivity index (χ0v) is 17.8. The highest BCUT2D eigenvalue weighted by Crippen LogP contribution is 2.67. The summed E-state index contributed by atoms with van der Waals surface area (Å²) in [7, 11) is 0. The fourth-order valence-electron chi connectivity index (χ4n) is 8.44. The van der Waals surface area contributed by atoms with Gasteiger partial charge in [-0.3, -0.25) is 9.59 Å². The zero-order chi connectivity index (χ0) is 20.3. The first kappa shape index (κ1) is 20.4. The van der Waals surface area contributed by atoms with E-state index in [9.17, 15) is 14.7 Å². The lowest BCUT2D eigenvalue weighted by atomic mass is 9.44. The molecule has 0 aliphatic heterocycles. The van der Waals surface area contributed by atoms with E-state index in [4.69, 9.17) is 5.11 Å². The van der Waals surface area contributed by atoms with Crippen LogP contribution in [0.3, 0.4) is 0 Å². The summed E-state index contributed by atoms with van der Waals surface area (Å²) in [4.78, 5) is 24.4. The van der Waals surface area contributed by atoms with Crippen LogP contribution in [0.25, 0.3) is 0 Å². The molecule has 0 heterocycles. The van der Waals surface area contributed by atoms with Gasteiger partial charge >= 0.3 is 5.97 Å². The molecule has 0 aromatic heterocycles. The number of hydrogen-bond acceptors (Lipinski definition) is 3. The summed E-state index contributed by atoms with van der Waals surface area (Å²) < 4.78 is 0. The summed E-state index contributed by atoms with van der Waals surface area (Å²) in [5.74, 6) is 2.25. The first-order valence-electron chi connectivity index (χ1n) is 11.6. The predicted molar refractivity (Wildman–Crippen MR) is 108 cm³/mol. The largest absolute Gasteiger partial charge is 0.481 e. The molecule has 4 heteroatoms. The summed E-state index contributed by atoms with van der Waals surface area (Å²) in [6, 6.07) is 0. The number of rotatable bonds is 4. The molecular weight excluding hydrogens is 352 g/mol. The molecule has 4 nitrogen and oxygen atoms in total. The molecule has 4 fully saturated rings. The van der Waals surface area contributed by atoms with E-state index in [1.54, 1.807) is 0 Å². The van der Waals surface area contributed by atoms with Crippen LogP contribution in [-0.2, 0) is 9.59 Å². The van der Waals surface area contributed by atoms with Crippen LogP contribution >= 0.6 is 0 Å². The van der Waals surface area contributed by atoms with E-state index in [1.165, 1.54) is 6.42 Å². The Balaban J connectivity index is 1.56. The molecule has 0 aromatic carbocycles. The summed E-state index contributed by atoms with van der Waals surface area (Å²) in [5, 5.41) is 19.3. The van der Waals surface area contributed by atoms with E-state index < -0.39 is 5.97 Å². The Morgan fingerprint density at radius 2 is 1.79 bits per heavy atom. The van der Waals surface area contributed by atoms with Crippen LogP contribution in [0.5, 0.6) is 0 Å². The van der Waals surface area contributed by atoms with Gasteiger partial charge in [-0.25, -0.2) is 0 Å². The van der Waals surface area contributed by atoms with Crippen molar-refractivity contribution in [1.29, 1.82) is 0 Å². The Labute approximate surface area is 169 Å². The molecule has 0 radical (unpaired) electrons. The normalized spacial score (nSPS) is 49.1. The zero-order valence-electron chi connectivity index (χ0n) is 17.8. The van der Waals surface area contributed by atoms with E-state index in [2.05, 4.69) is 20.8 Å². The van der Waals surface area contributed by atoms with Crippen LogP contribution in [0.4, 0.5) is 0 Å². The summed E-state index contributed by atoms with van der Waals surface area (Å²) in [6.07, 6.45) is 8.81. The predicted octanol–water partition coefficient (Wildman–Crippen LogP) is 4.69. The first-order valence-corrected chi connectivity index (χ1v) is 11.6. The summed E-state index contributed by atoms with van der Waals surface area (Å²) >= 11 is 0. The SMILES string of the molecule is CC(CCC(=O)O)C1CCC2C3C(=O)C[C@@H]4C[C@H](O)CC[C@]4(C)C3CC[C@]12C. The first-order chi connectivity index (χ1) is 13.2. The second-order valence-corrected chi connectivity index (χ2v) is 11.2. The molecule has 158 valence electrons. The van der Waals surface area contributed by atoms with Gasteiger partial charge in [0.25, 0.3) is 0 Å². The highest BCUT2D eigenvalue weighted by atomic mass is 16.4. The van der Waals surface area contributed by atoms with Gasteiger partial charge in [0.2, 0.25) is 0 Å². The van der Waals surface area contributed by atoms with Crippen molar-refractivity contribution in [2.75, 3.05) is 0 Å². The van der Waals surface area contributed by atoms with Crippen molar-refractivity contribution in [3.05, 3.63) is 0 Å². The van der Waals surface area contributed by atoms with Crippen LogP contribution in [0, 0.1) is 46.3 Å². The Morgan fingerprint density at radius 3 is 2.50 bits per heavy atom. The van der Waals surface area contributed by atoms with Crippen molar-refractivity contribution >= 4 is 11.8 Å². The lowest BCUT2D eigenvalue weighted by molar-refractivity contribution is -0.160. The molecule has 2 N–H and O–H groups in total. The summed E-state index contributed by atoms with van der Waals surface area (Å²) in [6.45, 7) is 7.06. The number of fused-ring (bicyclic) bond motifs is 5. The Hall–Kier alpha value is -0.900. The van der Waals surface area contributed by atoms with E-state index in [-0.39, 0.29) is 29.3 Å². The number of aliphatic hydroxyl groups excluding tert-OH is 1. The van der Waals surface area contributed by atoms with Gasteiger partial charge in [0.05, 0.1) is 6.10 Å². The molecule has 4 aliphatic rings. The van der Waals surface area contributed by atoms with Crippen LogP contribution < -0.4 is 0 Å². The number of carbonyl (C=O) groups is 2. The smallest absolute Gasteiger partial charge is 0.303 e. The van der Waals surface area contributed by atoms with E-state index in [0.717, 1.165) is 44.9 Å². The molecule has 0 spiro atoms. The Bertz CT molecular complexity index is 645. The third-order valence-corrected chi connectivity index (χ3v) is 10.0. The highest BCUT2D eigenvalue weighted by Gasteiger charge is 2.62. The quantitative estimate of drug-likeness (QED) is 0.730. The van der Waals surface area contributed by atoms with Gasteiger partial charge in [0.1, 0.15) is 5.78 Å². The van der Waals surface area contributed by atoms with Gasteiger partial charge < -0.3 is 10.2 Å². The lowest BCUT2D eigenvalue weighted by Crippen LogP contribution is -2.57. The number of carbonyl (C=O) groups excluding carboxylic acids is 1. The maximum atomic E-state index is 13.3. The summed E-state index contributed by atoms with van der Waals surface area (Å²) in [5.41, 5.74) is 0.401. The molecule has 4 rings (SSSR count). The minimum Gasteiger partial charge on any atom is -0.481 e. The molecule has 5 unspecified atom stereocenters. The molecular formula is C24H38O4. The number of ketones is 1. The molecule has 4 aliphatic carbocycles. The van der Waals surface area contributed by atoms with Crippen LogP contribution in [-0.4, -0.2) is 28.1 Å². The number of Topliss-reactive ketones (excluding diaryl/α,β-unsaturated/α-hetero) is 1. The fourth-order valence-corrected chi connectivity index (χ4v) is 8.44. The fraction of sp³-hybridized carbons (Fsp3) is 0.917. The molecule has 0 aromatic rings. The minimum atomic E-state index is -0.698. The van der Waals surface area contributed by atoms with Gasteiger partial charge in [-0.2, -0.15) is 0 Å². The average Bonchev–Trinajstić information content (AvgIpc) is 2.98. The maximum Gasteiger partial charge on any atom is 0.303 e. The van der Waals surface area contributed by atoms with E-state index >= 15 is 0 Å². The number of carboxylic acid groups (broad SMARTS) is 1. The van der Waals surface area contributed by atoms with Crippen LogP contribution in [0.15, 0.2) is 0 Å². The van der Waals surface area contributed by atoms with Gasteiger partial charge in [0.15, 0.2) is 0 Å². The van der Waals surface area contributed by atoms with Crippen molar-refractivity contribution in [3.63, 3.8) is 0 Å². The maximum absolute atomic E-state index is 13.3. The third-order valence-electron chi connectivity index (χ3n) is 10.0. The molecule has 4 saturated carbocycles. The second kappa shape index (κ2) is 7.11. The topological polar surface area (TPSA) is 74.6 Å². The van der Waals surface area contributed by atoms with Gasteiger partial charge in [-0.05, 0) is 91.8 Å². The Kier molecular flexibility index (Phi) is 5.17. The van der Waals surface area contributed by atoms with Gasteiger partial charge in [-0.1, -0.05) is 20.8 Å². The molecule has 0 amide bonds. The van der Waals surface area contributed by atoms with Gasteiger partial charge in [0, 0.05) is 18.8 Å². The van der Waals surface area contributed by atoms with Crippen molar-refractivity contribution in [1.82, 2.24) is 0 Å². The molecule has 9 atom stereocenters. The van der Waals surface area contributed by atoms with Crippen molar-refractivity contribution in [2.45, 2.75) is 91.1 Å². The standard InChI is InChI=1S/C24H38O4/c1-14(4-7-21(27)28)17-5-6-18-22-19(9-11-24(17,18)3)23(2)10-8-16(25)12-15(23)13-20(22)26/h14-19,22,25H,4-13H2,1-3H3,(H,27,28)/t14?,15-,16+,17?,18?,19?,22?,23-,24+/m0/s1. The lowest BCUT2D eigenvalue weighted by Gasteiger charge is -2.60. The number of carboxylic acids is 1. The average molecular weight is 391 g/mol.